The quantitative estimate of drug-likeness (QED) is 0.893. The largest absolute Gasteiger partial charge is 0.481 e. The first kappa shape index (κ1) is 12.2. The fraction of sp³-hybridized carbons (Fsp3) is 0.214. The van der Waals surface area contributed by atoms with Crippen LogP contribution in [-0.2, 0) is 17.6 Å². The van der Waals surface area contributed by atoms with E-state index in [1.807, 2.05) is 24.3 Å². The van der Waals surface area contributed by atoms with E-state index in [2.05, 4.69) is 16.9 Å². The molecule has 0 amide bonds. The third-order valence-electron chi connectivity index (χ3n) is 2.67. The van der Waals surface area contributed by atoms with Gasteiger partial charge in [-0.3, -0.25) is 4.79 Å². The Hall–Kier alpha value is -2.23. The minimum Gasteiger partial charge on any atom is -0.481 e. The van der Waals surface area contributed by atoms with E-state index in [0.717, 1.165) is 17.7 Å². The Morgan fingerprint density at radius 3 is 2.56 bits per heavy atom. The highest BCUT2D eigenvalue weighted by Crippen LogP contribution is 2.17. The number of rotatable bonds is 4. The van der Waals surface area contributed by atoms with Gasteiger partial charge in [-0.25, -0.2) is 9.97 Å². The van der Waals surface area contributed by atoms with Gasteiger partial charge in [0.2, 0.25) is 0 Å². The Balaban J connectivity index is 2.29. The average molecular weight is 242 g/mol. The molecule has 0 aliphatic rings. The van der Waals surface area contributed by atoms with E-state index in [-0.39, 0.29) is 6.42 Å². The molecule has 1 aromatic carbocycles. The fourth-order valence-corrected chi connectivity index (χ4v) is 1.69. The van der Waals surface area contributed by atoms with Crippen LogP contribution in [0.2, 0.25) is 0 Å². The van der Waals surface area contributed by atoms with Crippen LogP contribution in [-0.4, -0.2) is 21.0 Å². The maximum absolute atomic E-state index is 10.6. The van der Waals surface area contributed by atoms with Crippen LogP contribution in [0.15, 0.2) is 36.5 Å². The van der Waals surface area contributed by atoms with Gasteiger partial charge in [-0.15, -0.1) is 0 Å². The fourth-order valence-electron chi connectivity index (χ4n) is 1.69. The molecule has 4 heteroatoms. The predicted molar refractivity (Wildman–Crippen MR) is 68.2 cm³/mol. The number of aromatic nitrogens is 2. The molecule has 0 unspecified atom stereocenters. The third kappa shape index (κ3) is 2.91. The summed E-state index contributed by atoms with van der Waals surface area (Å²) >= 11 is 0. The molecular weight excluding hydrogens is 228 g/mol. The molecular formula is C14H14N2O2. The second-order valence-corrected chi connectivity index (χ2v) is 3.98. The van der Waals surface area contributed by atoms with Crippen molar-refractivity contribution in [2.45, 2.75) is 19.8 Å². The van der Waals surface area contributed by atoms with Crippen molar-refractivity contribution < 1.29 is 9.90 Å². The zero-order chi connectivity index (χ0) is 13.0. The topological polar surface area (TPSA) is 63.1 Å². The molecule has 92 valence electrons. The standard InChI is InChI=1S/C14H14N2O2/c1-2-10-3-5-11(6-4-10)12-7-8-15-13(16-12)9-14(17)18/h3-8H,2,9H2,1H3,(H,17,18). The molecule has 18 heavy (non-hydrogen) atoms. The molecule has 1 heterocycles. The summed E-state index contributed by atoms with van der Waals surface area (Å²) in [7, 11) is 0. The van der Waals surface area contributed by atoms with E-state index in [4.69, 9.17) is 5.11 Å². The minimum absolute atomic E-state index is 0.152. The van der Waals surface area contributed by atoms with Crippen LogP contribution in [0.25, 0.3) is 11.3 Å². The highest BCUT2D eigenvalue weighted by Gasteiger charge is 2.05. The zero-order valence-corrected chi connectivity index (χ0v) is 10.1. The maximum Gasteiger partial charge on any atom is 0.311 e. The summed E-state index contributed by atoms with van der Waals surface area (Å²) in [6.45, 7) is 2.10. The van der Waals surface area contributed by atoms with Crippen molar-refractivity contribution in [1.29, 1.82) is 0 Å². The summed E-state index contributed by atoms with van der Waals surface area (Å²) in [4.78, 5) is 18.8. The molecule has 0 spiro atoms. The van der Waals surface area contributed by atoms with E-state index in [1.54, 1.807) is 12.3 Å². The van der Waals surface area contributed by atoms with Crippen LogP contribution in [0.5, 0.6) is 0 Å². The lowest BCUT2D eigenvalue weighted by Gasteiger charge is -2.03. The lowest BCUT2D eigenvalue weighted by atomic mass is 10.1. The van der Waals surface area contributed by atoms with Gasteiger partial charge in [0.15, 0.2) is 0 Å². The molecule has 0 bridgehead atoms. The molecule has 1 N–H and O–H groups in total. The summed E-state index contributed by atoms with van der Waals surface area (Å²) in [5.41, 5.74) is 2.99. The lowest BCUT2D eigenvalue weighted by molar-refractivity contribution is -0.136. The Kier molecular flexibility index (Phi) is 3.67. The van der Waals surface area contributed by atoms with Crippen molar-refractivity contribution in [2.75, 3.05) is 0 Å². The van der Waals surface area contributed by atoms with Gasteiger partial charge in [-0.05, 0) is 18.1 Å². The van der Waals surface area contributed by atoms with E-state index < -0.39 is 5.97 Å². The number of aryl methyl sites for hydroxylation is 1. The molecule has 4 nitrogen and oxygen atoms in total. The van der Waals surface area contributed by atoms with E-state index in [9.17, 15) is 4.79 Å². The van der Waals surface area contributed by atoms with Crippen LogP contribution in [0, 0.1) is 0 Å². The van der Waals surface area contributed by atoms with E-state index in [1.165, 1.54) is 5.56 Å². The summed E-state index contributed by atoms with van der Waals surface area (Å²) in [5, 5.41) is 8.72. The first-order chi connectivity index (χ1) is 8.69. The summed E-state index contributed by atoms with van der Waals surface area (Å²) in [6, 6.07) is 9.87. The first-order valence-corrected chi connectivity index (χ1v) is 5.82. The summed E-state index contributed by atoms with van der Waals surface area (Å²) in [6.07, 6.45) is 2.43. The van der Waals surface area contributed by atoms with Gasteiger partial charge in [0.05, 0.1) is 5.69 Å². The third-order valence-corrected chi connectivity index (χ3v) is 2.67. The maximum atomic E-state index is 10.6. The molecule has 2 aromatic rings. The molecule has 0 atom stereocenters. The summed E-state index contributed by atoms with van der Waals surface area (Å²) < 4.78 is 0. The molecule has 0 saturated heterocycles. The van der Waals surface area contributed by atoms with Crippen molar-refractivity contribution >= 4 is 5.97 Å². The summed E-state index contributed by atoms with van der Waals surface area (Å²) in [5.74, 6) is -0.590. The molecule has 2 rings (SSSR count). The average Bonchev–Trinajstić information content (AvgIpc) is 2.38. The monoisotopic (exact) mass is 242 g/mol. The van der Waals surface area contributed by atoms with Gasteiger partial charge < -0.3 is 5.11 Å². The Morgan fingerprint density at radius 1 is 1.22 bits per heavy atom. The van der Waals surface area contributed by atoms with Gasteiger partial charge in [0.25, 0.3) is 0 Å². The molecule has 0 saturated carbocycles. The lowest BCUT2D eigenvalue weighted by Crippen LogP contribution is -2.05. The number of nitrogens with zero attached hydrogens (tertiary/aromatic N) is 2. The van der Waals surface area contributed by atoms with Crippen molar-refractivity contribution in [3.8, 4) is 11.3 Å². The Morgan fingerprint density at radius 2 is 1.94 bits per heavy atom. The first-order valence-electron chi connectivity index (χ1n) is 5.82. The molecule has 0 fully saturated rings. The van der Waals surface area contributed by atoms with Gasteiger partial charge in [0, 0.05) is 11.8 Å². The number of benzene rings is 1. The molecule has 0 aliphatic carbocycles. The van der Waals surface area contributed by atoms with E-state index >= 15 is 0 Å². The number of carbonyl (C=O) groups is 1. The van der Waals surface area contributed by atoms with Gasteiger partial charge in [-0.1, -0.05) is 31.2 Å². The SMILES string of the molecule is CCc1ccc(-c2ccnc(CC(=O)O)n2)cc1. The van der Waals surface area contributed by atoms with Crippen molar-refractivity contribution in [3.05, 3.63) is 47.9 Å². The highest BCUT2D eigenvalue weighted by molar-refractivity contribution is 5.69. The van der Waals surface area contributed by atoms with Crippen LogP contribution >= 0.6 is 0 Å². The second-order valence-electron chi connectivity index (χ2n) is 3.98. The van der Waals surface area contributed by atoms with Crippen molar-refractivity contribution in [2.24, 2.45) is 0 Å². The van der Waals surface area contributed by atoms with Gasteiger partial charge >= 0.3 is 5.97 Å². The van der Waals surface area contributed by atoms with Crippen molar-refractivity contribution in [1.82, 2.24) is 9.97 Å². The molecule has 0 radical (unpaired) electrons. The second kappa shape index (κ2) is 5.40. The number of hydrogen-bond donors (Lipinski definition) is 1. The smallest absolute Gasteiger partial charge is 0.311 e. The molecule has 0 aliphatic heterocycles. The number of hydrogen-bond acceptors (Lipinski definition) is 3. The van der Waals surface area contributed by atoms with Crippen LogP contribution in [0.4, 0.5) is 0 Å². The van der Waals surface area contributed by atoms with E-state index in [0.29, 0.717) is 5.82 Å². The van der Waals surface area contributed by atoms with Crippen LogP contribution < -0.4 is 0 Å². The van der Waals surface area contributed by atoms with Crippen molar-refractivity contribution in [3.63, 3.8) is 0 Å². The number of carboxylic acid groups (broad SMARTS) is 1. The minimum atomic E-state index is -0.923. The predicted octanol–water partition coefficient (Wildman–Crippen LogP) is 2.33. The van der Waals surface area contributed by atoms with Gasteiger partial charge in [0.1, 0.15) is 12.2 Å². The zero-order valence-electron chi connectivity index (χ0n) is 10.1. The van der Waals surface area contributed by atoms with Gasteiger partial charge in [-0.2, -0.15) is 0 Å². The number of carboxylic acids is 1. The van der Waals surface area contributed by atoms with Crippen LogP contribution in [0.1, 0.15) is 18.3 Å². The normalized spacial score (nSPS) is 10.3. The molecule has 1 aromatic heterocycles. The van der Waals surface area contributed by atoms with Crippen LogP contribution in [0.3, 0.4) is 0 Å². The Bertz CT molecular complexity index is 550. The Labute approximate surface area is 105 Å². The highest BCUT2D eigenvalue weighted by atomic mass is 16.4. The number of aliphatic carboxylic acids is 1.